The minimum atomic E-state index is -0.193. The van der Waals surface area contributed by atoms with Gasteiger partial charge >= 0.3 is 0 Å². The summed E-state index contributed by atoms with van der Waals surface area (Å²) < 4.78 is 0. The van der Waals surface area contributed by atoms with Crippen molar-refractivity contribution in [2.45, 2.75) is 6.92 Å². The Hall–Kier alpha value is -2.40. The normalized spacial score (nSPS) is 10.2. The summed E-state index contributed by atoms with van der Waals surface area (Å²) in [6, 6.07) is 12.0. The highest BCUT2D eigenvalue weighted by Gasteiger charge is 2.17. The van der Waals surface area contributed by atoms with Crippen molar-refractivity contribution in [2.24, 2.45) is 5.73 Å². The molecule has 0 bridgehead atoms. The number of phenols is 1. The summed E-state index contributed by atoms with van der Waals surface area (Å²) in [5.41, 5.74) is 8.14. The van der Waals surface area contributed by atoms with Crippen molar-refractivity contribution < 1.29 is 9.90 Å². The molecule has 4 nitrogen and oxygen atoms in total. The molecule has 108 valence electrons. The number of carbonyl (C=O) groups is 1. The largest absolute Gasteiger partial charge is 0.508 e. The molecule has 0 saturated carbocycles. The minimum Gasteiger partial charge on any atom is -0.508 e. The maximum atomic E-state index is 12.5. The van der Waals surface area contributed by atoms with Crippen LogP contribution in [-0.4, -0.2) is 23.0 Å². The molecule has 5 heteroatoms. The average Bonchev–Trinajstić information content (AvgIpc) is 2.48. The van der Waals surface area contributed by atoms with Crippen molar-refractivity contribution in [3.63, 3.8) is 0 Å². The number of nitrogens with two attached hydrogens (primary N) is 1. The molecule has 3 N–H and O–H groups in total. The van der Waals surface area contributed by atoms with Crippen LogP contribution in [0.1, 0.15) is 21.5 Å². The van der Waals surface area contributed by atoms with E-state index in [9.17, 15) is 9.90 Å². The second-order valence-corrected chi connectivity index (χ2v) is 5.19. The average molecular weight is 300 g/mol. The molecule has 0 aliphatic carbocycles. The molecule has 0 aliphatic rings. The van der Waals surface area contributed by atoms with Crippen molar-refractivity contribution >= 4 is 28.8 Å². The molecule has 0 saturated heterocycles. The number of benzene rings is 2. The van der Waals surface area contributed by atoms with Crippen LogP contribution < -0.4 is 10.6 Å². The number of para-hydroxylation sites is 1. The number of anilines is 1. The fourth-order valence-electron chi connectivity index (χ4n) is 2.07. The summed E-state index contributed by atoms with van der Waals surface area (Å²) in [5.74, 6) is -0.0282. The molecule has 2 aromatic carbocycles. The predicted octanol–water partition coefficient (Wildman–Crippen LogP) is 2.61. The van der Waals surface area contributed by atoms with Gasteiger partial charge in [0.05, 0.1) is 5.69 Å². The Bertz CT molecular complexity index is 713. The summed E-state index contributed by atoms with van der Waals surface area (Å²) in [6.07, 6.45) is 0. The fourth-order valence-corrected chi connectivity index (χ4v) is 2.24. The Morgan fingerprint density at radius 2 is 1.90 bits per heavy atom. The first-order valence-electron chi connectivity index (χ1n) is 6.38. The zero-order valence-electron chi connectivity index (χ0n) is 11.8. The van der Waals surface area contributed by atoms with Gasteiger partial charge in [0.25, 0.3) is 5.91 Å². The number of aryl methyl sites for hydroxylation is 1. The molecule has 0 fully saturated rings. The Morgan fingerprint density at radius 3 is 2.52 bits per heavy atom. The molecule has 0 radical (unpaired) electrons. The quantitative estimate of drug-likeness (QED) is 0.855. The van der Waals surface area contributed by atoms with Gasteiger partial charge in [0.15, 0.2) is 0 Å². The maximum absolute atomic E-state index is 12.5. The summed E-state index contributed by atoms with van der Waals surface area (Å²) in [4.78, 5) is 14.3. The van der Waals surface area contributed by atoms with Gasteiger partial charge in [-0.3, -0.25) is 4.79 Å². The van der Waals surface area contributed by atoms with Crippen molar-refractivity contribution in [1.29, 1.82) is 0 Å². The standard InChI is InChI=1S/C16H16N2O2S/c1-10-9-11(7-8-14(10)19)16(20)18(2)13-6-4-3-5-12(13)15(17)21/h3-9,19H,1-2H3,(H2,17,21). The number of nitrogens with zero attached hydrogens (tertiary/aromatic N) is 1. The van der Waals surface area contributed by atoms with Crippen LogP contribution in [0, 0.1) is 6.92 Å². The van der Waals surface area contributed by atoms with Crippen LogP contribution in [0.4, 0.5) is 5.69 Å². The molecule has 1 amide bonds. The number of thiocarbonyl (C=S) groups is 1. The second kappa shape index (κ2) is 5.93. The van der Waals surface area contributed by atoms with E-state index in [1.54, 1.807) is 38.2 Å². The van der Waals surface area contributed by atoms with Crippen molar-refractivity contribution in [3.05, 3.63) is 59.2 Å². The van der Waals surface area contributed by atoms with Gasteiger partial charge in [-0.1, -0.05) is 24.4 Å². The Balaban J connectivity index is 2.40. The number of phenolic OH excluding ortho intramolecular Hbond substituents is 1. The van der Waals surface area contributed by atoms with Gasteiger partial charge in [0.1, 0.15) is 10.7 Å². The van der Waals surface area contributed by atoms with E-state index in [1.165, 1.54) is 11.0 Å². The zero-order chi connectivity index (χ0) is 15.6. The highest BCUT2D eigenvalue weighted by Crippen LogP contribution is 2.23. The summed E-state index contributed by atoms with van der Waals surface area (Å²) in [6.45, 7) is 1.75. The van der Waals surface area contributed by atoms with E-state index in [4.69, 9.17) is 18.0 Å². The number of rotatable bonds is 3. The molecule has 0 spiro atoms. The SMILES string of the molecule is Cc1cc(C(=O)N(C)c2ccccc2C(N)=S)ccc1O. The van der Waals surface area contributed by atoms with Gasteiger partial charge in [0, 0.05) is 18.2 Å². The third kappa shape index (κ3) is 3.03. The van der Waals surface area contributed by atoms with Crippen LogP contribution in [0.25, 0.3) is 0 Å². The number of amides is 1. The molecule has 2 aromatic rings. The molecule has 2 rings (SSSR count). The Labute approximate surface area is 128 Å². The molecular weight excluding hydrogens is 284 g/mol. The topological polar surface area (TPSA) is 66.6 Å². The molecule has 0 unspecified atom stereocenters. The smallest absolute Gasteiger partial charge is 0.258 e. The van der Waals surface area contributed by atoms with Crippen molar-refractivity contribution in [2.75, 3.05) is 11.9 Å². The Kier molecular flexibility index (Phi) is 4.23. The number of hydrogen-bond acceptors (Lipinski definition) is 3. The van der Waals surface area contributed by atoms with Gasteiger partial charge in [-0.25, -0.2) is 0 Å². The third-order valence-corrected chi connectivity index (χ3v) is 3.50. The molecular formula is C16H16N2O2S. The van der Waals surface area contributed by atoms with Crippen LogP contribution in [0.15, 0.2) is 42.5 Å². The lowest BCUT2D eigenvalue weighted by Gasteiger charge is -2.20. The van der Waals surface area contributed by atoms with E-state index in [0.717, 1.165) is 0 Å². The molecule has 0 heterocycles. The summed E-state index contributed by atoms with van der Waals surface area (Å²) >= 11 is 5.02. The first-order valence-corrected chi connectivity index (χ1v) is 6.79. The lowest BCUT2D eigenvalue weighted by atomic mass is 10.1. The van der Waals surface area contributed by atoms with E-state index < -0.39 is 0 Å². The molecule has 0 atom stereocenters. The summed E-state index contributed by atoms with van der Waals surface area (Å²) in [5, 5.41) is 9.54. The highest BCUT2D eigenvalue weighted by molar-refractivity contribution is 7.80. The Morgan fingerprint density at radius 1 is 1.24 bits per heavy atom. The fraction of sp³-hybridized carbons (Fsp3) is 0.125. The van der Waals surface area contributed by atoms with Crippen molar-refractivity contribution in [1.82, 2.24) is 0 Å². The van der Waals surface area contributed by atoms with Gasteiger partial charge < -0.3 is 15.7 Å². The van der Waals surface area contributed by atoms with E-state index in [-0.39, 0.29) is 16.6 Å². The van der Waals surface area contributed by atoms with E-state index >= 15 is 0 Å². The van der Waals surface area contributed by atoms with E-state index in [0.29, 0.717) is 22.4 Å². The van der Waals surface area contributed by atoms with E-state index in [1.807, 2.05) is 12.1 Å². The first kappa shape index (κ1) is 15.0. The molecule has 0 aromatic heterocycles. The number of hydrogen-bond donors (Lipinski definition) is 2. The van der Waals surface area contributed by atoms with Crippen LogP contribution in [0.2, 0.25) is 0 Å². The van der Waals surface area contributed by atoms with E-state index in [2.05, 4.69) is 0 Å². The minimum absolute atomic E-state index is 0.165. The van der Waals surface area contributed by atoms with Crippen LogP contribution >= 0.6 is 12.2 Å². The van der Waals surface area contributed by atoms with Gasteiger partial charge in [-0.05, 0) is 42.8 Å². The van der Waals surface area contributed by atoms with Crippen LogP contribution in [-0.2, 0) is 0 Å². The highest BCUT2D eigenvalue weighted by atomic mass is 32.1. The first-order chi connectivity index (χ1) is 9.91. The van der Waals surface area contributed by atoms with Gasteiger partial charge in [0.2, 0.25) is 0 Å². The van der Waals surface area contributed by atoms with Gasteiger partial charge in [-0.2, -0.15) is 0 Å². The zero-order valence-corrected chi connectivity index (χ0v) is 12.6. The van der Waals surface area contributed by atoms with Crippen LogP contribution in [0.3, 0.4) is 0 Å². The monoisotopic (exact) mass is 300 g/mol. The predicted molar refractivity (Wildman–Crippen MR) is 87.9 cm³/mol. The van der Waals surface area contributed by atoms with Gasteiger partial charge in [-0.15, -0.1) is 0 Å². The second-order valence-electron chi connectivity index (χ2n) is 4.75. The maximum Gasteiger partial charge on any atom is 0.258 e. The van der Waals surface area contributed by atoms with Crippen molar-refractivity contribution in [3.8, 4) is 5.75 Å². The lowest BCUT2D eigenvalue weighted by molar-refractivity contribution is 0.0993. The summed E-state index contributed by atoms with van der Waals surface area (Å²) in [7, 11) is 1.67. The number of carbonyl (C=O) groups excluding carboxylic acids is 1. The lowest BCUT2D eigenvalue weighted by Crippen LogP contribution is -2.28. The molecule has 0 aliphatic heterocycles. The molecule has 21 heavy (non-hydrogen) atoms. The number of aromatic hydroxyl groups is 1. The third-order valence-electron chi connectivity index (χ3n) is 3.28. The van der Waals surface area contributed by atoms with Crippen LogP contribution in [0.5, 0.6) is 5.75 Å².